The minimum atomic E-state index is -3.98. The highest BCUT2D eigenvalue weighted by Crippen LogP contribution is 2.37. The molecule has 0 aliphatic carbocycles. The van der Waals surface area contributed by atoms with Crippen LogP contribution in [0.15, 0.2) is 22.4 Å². The van der Waals surface area contributed by atoms with Gasteiger partial charge in [-0.3, -0.25) is 4.31 Å². The Morgan fingerprint density at radius 3 is 2.71 bits per heavy atom. The molecular weight excluding hydrogens is 322 g/mol. The topological polar surface area (TPSA) is 59.5 Å². The minimum absolute atomic E-state index is 0.00423. The molecule has 1 aliphatic rings. The molecule has 3 rings (SSSR count). The van der Waals surface area contributed by atoms with E-state index in [1.54, 1.807) is 0 Å². The van der Waals surface area contributed by atoms with Crippen LogP contribution in [0.25, 0.3) is 0 Å². The number of ether oxygens (including phenoxy) is 1. The van der Waals surface area contributed by atoms with Gasteiger partial charge in [-0.25, -0.2) is 17.2 Å². The molecule has 0 fully saturated rings. The number of aromatic nitrogens is 1. The zero-order valence-corrected chi connectivity index (χ0v) is 12.5. The average Bonchev–Trinajstić information content (AvgIpc) is 3.09. The van der Waals surface area contributed by atoms with Crippen LogP contribution in [-0.4, -0.2) is 26.4 Å². The number of hydrogen-bond donors (Lipinski definition) is 0. The van der Waals surface area contributed by atoms with Gasteiger partial charge in [0.1, 0.15) is 11.6 Å². The van der Waals surface area contributed by atoms with Crippen molar-refractivity contribution in [2.24, 2.45) is 0 Å². The van der Waals surface area contributed by atoms with Crippen molar-refractivity contribution < 1.29 is 21.9 Å². The predicted molar refractivity (Wildman–Crippen MR) is 73.3 cm³/mol. The van der Waals surface area contributed by atoms with Crippen LogP contribution in [0, 0.1) is 11.6 Å². The normalized spacial score (nSPS) is 14.3. The quantitative estimate of drug-likeness (QED) is 0.864. The van der Waals surface area contributed by atoms with Gasteiger partial charge in [0.05, 0.1) is 12.8 Å². The Morgan fingerprint density at radius 2 is 2.05 bits per heavy atom. The van der Waals surface area contributed by atoms with E-state index in [9.17, 15) is 17.2 Å². The largest absolute Gasteiger partial charge is 0.480 e. The van der Waals surface area contributed by atoms with E-state index in [1.165, 1.54) is 13.2 Å². The molecule has 0 amide bonds. The fourth-order valence-electron chi connectivity index (χ4n) is 2.23. The van der Waals surface area contributed by atoms with Gasteiger partial charge in [-0.05, 0) is 30.1 Å². The number of methoxy groups -OCH3 is 1. The Labute approximate surface area is 124 Å². The average molecular weight is 332 g/mol. The third kappa shape index (κ3) is 2.16. The fourth-order valence-corrected chi connectivity index (χ4v) is 4.68. The molecule has 1 aromatic carbocycles. The number of fused-ring (bicyclic) bond motifs is 1. The predicted octanol–water partition coefficient (Wildman–Crippen LogP) is 2.18. The molecule has 0 bridgehead atoms. The maximum atomic E-state index is 13.9. The lowest BCUT2D eigenvalue weighted by molar-refractivity contribution is 0.402. The van der Waals surface area contributed by atoms with Crippen molar-refractivity contribution in [3.05, 3.63) is 35.4 Å². The Kier molecular flexibility index (Phi) is 3.33. The lowest BCUT2D eigenvalue weighted by atomic mass is 10.1. The van der Waals surface area contributed by atoms with Crippen molar-refractivity contribution in [2.45, 2.75) is 10.6 Å². The zero-order chi connectivity index (χ0) is 15.2. The van der Waals surface area contributed by atoms with Crippen LogP contribution in [0.5, 0.6) is 5.88 Å². The molecule has 9 heteroatoms. The summed E-state index contributed by atoms with van der Waals surface area (Å²) < 4.78 is 62.2. The zero-order valence-electron chi connectivity index (χ0n) is 10.8. The van der Waals surface area contributed by atoms with Gasteiger partial charge < -0.3 is 4.74 Å². The molecule has 0 spiro atoms. The third-order valence-electron chi connectivity index (χ3n) is 3.21. The van der Waals surface area contributed by atoms with E-state index in [-0.39, 0.29) is 34.3 Å². The van der Waals surface area contributed by atoms with E-state index in [0.29, 0.717) is 0 Å². The Hall–Kier alpha value is -1.74. The molecular formula is C12H10F2N2O3S2. The summed E-state index contributed by atoms with van der Waals surface area (Å²) in [7, 11) is -2.61. The van der Waals surface area contributed by atoms with E-state index < -0.39 is 21.7 Å². The molecule has 0 saturated carbocycles. The third-order valence-corrected chi connectivity index (χ3v) is 6.21. The minimum Gasteiger partial charge on any atom is -0.480 e. The summed E-state index contributed by atoms with van der Waals surface area (Å²) in [4.78, 5) is 0. The molecule has 0 saturated heterocycles. The van der Waals surface area contributed by atoms with Crippen molar-refractivity contribution in [2.75, 3.05) is 18.0 Å². The van der Waals surface area contributed by atoms with Crippen LogP contribution in [0.2, 0.25) is 0 Å². The van der Waals surface area contributed by atoms with Crippen LogP contribution in [0.3, 0.4) is 0 Å². The number of hydrogen-bond acceptors (Lipinski definition) is 5. The number of sulfonamides is 1. The van der Waals surface area contributed by atoms with Crippen LogP contribution in [0.4, 0.5) is 14.5 Å². The second-order valence-electron chi connectivity index (χ2n) is 4.37. The van der Waals surface area contributed by atoms with Gasteiger partial charge in [0.2, 0.25) is 5.88 Å². The summed E-state index contributed by atoms with van der Waals surface area (Å²) in [6, 6.07) is 3.18. The van der Waals surface area contributed by atoms with Crippen molar-refractivity contribution in [3.8, 4) is 5.88 Å². The number of rotatable bonds is 3. The van der Waals surface area contributed by atoms with E-state index in [0.717, 1.165) is 28.0 Å². The van der Waals surface area contributed by atoms with Crippen molar-refractivity contribution in [1.82, 2.24) is 4.37 Å². The number of nitrogens with zero attached hydrogens (tertiary/aromatic N) is 2. The van der Waals surface area contributed by atoms with Crippen molar-refractivity contribution in [3.63, 3.8) is 0 Å². The lowest BCUT2D eigenvalue weighted by Gasteiger charge is -2.18. The van der Waals surface area contributed by atoms with Gasteiger partial charge in [0, 0.05) is 18.2 Å². The van der Waals surface area contributed by atoms with E-state index in [2.05, 4.69) is 4.37 Å². The molecule has 0 unspecified atom stereocenters. The highest BCUT2D eigenvalue weighted by atomic mass is 32.2. The Bertz CT molecular complexity index is 805. The number of benzene rings is 1. The van der Waals surface area contributed by atoms with Crippen molar-refractivity contribution in [1.29, 1.82) is 0 Å². The summed E-state index contributed by atoms with van der Waals surface area (Å²) in [5.74, 6) is -1.20. The van der Waals surface area contributed by atoms with E-state index >= 15 is 0 Å². The van der Waals surface area contributed by atoms with Gasteiger partial charge in [-0.2, -0.15) is 4.37 Å². The maximum Gasteiger partial charge on any atom is 0.275 e. The van der Waals surface area contributed by atoms with Gasteiger partial charge in [0.25, 0.3) is 10.0 Å². The first-order valence-electron chi connectivity index (χ1n) is 5.95. The van der Waals surface area contributed by atoms with Gasteiger partial charge in [0.15, 0.2) is 4.21 Å². The molecule has 0 N–H and O–H groups in total. The van der Waals surface area contributed by atoms with Crippen LogP contribution in [-0.2, 0) is 16.4 Å². The molecule has 21 heavy (non-hydrogen) atoms. The van der Waals surface area contributed by atoms with Gasteiger partial charge >= 0.3 is 0 Å². The molecule has 5 nitrogen and oxygen atoms in total. The first kappa shape index (κ1) is 14.2. The van der Waals surface area contributed by atoms with Gasteiger partial charge in [-0.15, -0.1) is 0 Å². The first-order valence-corrected chi connectivity index (χ1v) is 8.17. The molecule has 0 atom stereocenters. The molecule has 0 radical (unpaired) electrons. The molecule has 1 aliphatic heterocycles. The second kappa shape index (κ2) is 4.92. The van der Waals surface area contributed by atoms with Gasteiger partial charge in [-0.1, -0.05) is 0 Å². The summed E-state index contributed by atoms with van der Waals surface area (Å²) >= 11 is 0.732. The molecule has 1 aromatic heterocycles. The fraction of sp³-hybridized carbons (Fsp3) is 0.250. The first-order chi connectivity index (χ1) is 9.95. The van der Waals surface area contributed by atoms with E-state index in [4.69, 9.17) is 4.74 Å². The summed E-state index contributed by atoms with van der Waals surface area (Å²) in [5.41, 5.74) is -0.141. The number of halogens is 2. The molecule has 112 valence electrons. The monoisotopic (exact) mass is 332 g/mol. The lowest BCUT2D eigenvalue weighted by Crippen LogP contribution is -2.29. The van der Waals surface area contributed by atoms with Crippen molar-refractivity contribution >= 4 is 27.2 Å². The maximum absolute atomic E-state index is 13.9. The van der Waals surface area contributed by atoms with Crippen LogP contribution in [0.1, 0.15) is 5.56 Å². The smallest absolute Gasteiger partial charge is 0.275 e. The molecule has 2 aromatic rings. The Balaban J connectivity index is 2.10. The van der Waals surface area contributed by atoms with Crippen LogP contribution >= 0.6 is 11.5 Å². The highest BCUT2D eigenvalue weighted by Gasteiger charge is 2.36. The summed E-state index contributed by atoms with van der Waals surface area (Å²) in [6.45, 7) is -0.00423. The summed E-state index contributed by atoms with van der Waals surface area (Å²) in [5, 5.41) is 0. The summed E-state index contributed by atoms with van der Waals surface area (Å²) in [6.07, 6.45) is 0.133. The standard InChI is InChI=1S/C12H10F2N2O3S2/c1-19-10-6-11(20-15-10)21(17,18)16-5-4-7-8(13)2-3-9(14)12(7)16/h2-3,6H,4-5H2,1H3. The second-order valence-corrected chi connectivity index (χ2v) is 7.27. The number of anilines is 1. The Morgan fingerprint density at radius 1 is 1.33 bits per heavy atom. The molecule has 2 heterocycles. The van der Waals surface area contributed by atoms with Crippen LogP contribution < -0.4 is 9.04 Å². The van der Waals surface area contributed by atoms with E-state index in [1.807, 2.05) is 0 Å². The SMILES string of the molecule is COc1cc(S(=O)(=O)N2CCc3c(F)ccc(F)c32)sn1. The highest BCUT2D eigenvalue weighted by molar-refractivity contribution is 7.94.